The van der Waals surface area contributed by atoms with Crippen LogP contribution in [0.2, 0.25) is 0 Å². The summed E-state index contributed by atoms with van der Waals surface area (Å²) in [6, 6.07) is 0. The number of rotatable bonds is 15. The number of hydrogen-bond donors (Lipinski definition) is 0. The van der Waals surface area contributed by atoms with Gasteiger partial charge in [-0.1, -0.05) is 42.9 Å². The van der Waals surface area contributed by atoms with Crippen LogP contribution in [0, 0.1) is 16.0 Å². The quantitative estimate of drug-likeness (QED) is 0.101. The molecule has 1 rings (SSSR count). The third-order valence-electron chi connectivity index (χ3n) is 3.72. The van der Waals surface area contributed by atoms with Crippen molar-refractivity contribution >= 4 is 5.97 Å². The van der Waals surface area contributed by atoms with E-state index in [1.54, 1.807) is 0 Å². The normalized spacial score (nSPS) is 14.8. The van der Waals surface area contributed by atoms with E-state index >= 15 is 0 Å². The van der Waals surface area contributed by atoms with Crippen molar-refractivity contribution in [2.24, 2.45) is 5.92 Å². The number of esters is 1. The molecule has 0 aliphatic heterocycles. The van der Waals surface area contributed by atoms with Crippen molar-refractivity contribution < 1.29 is 19.5 Å². The molecule has 0 saturated heterocycles. The van der Waals surface area contributed by atoms with E-state index in [2.05, 4.69) is 35.2 Å². The Morgan fingerprint density at radius 1 is 0.923 bits per heavy atom. The molecule has 1 aliphatic carbocycles. The van der Waals surface area contributed by atoms with Gasteiger partial charge in [-0.3, -0.25) is 4.79 Å². The summed E-state index contributed by atoms with van der Waals surface area (Å²) in [6.45, 7) is 0.189. The average molecular weight is 363 g/mol. The van der Waals surface area contributed by atoms with Crippen LogP contribution in [0.4, 0.5) is 0 Å². The zero-order valence-corrected chi connectivity index (χ0v) is 15.3. The number of allylic oxidation sites excluding steroid dienone is 7. The molecule has 6 nitrogen and oxygen atoms in total. The van der Waals surface area contributed by atoms with Crippen molar-refractivity contribution in [1.82, 2.24) is 0 Å². The standard InChI is InChI=1S/C20H29NO5/c22-20(19-15-16-19)25-17-13-11-9-7-5-3-1-2-4-6-8-10-12-14-18-26-21(23)24/h1,3-4,6-7,9,13,17,19H,2,5,8,10-12,14-16,18H2. The predicted molar refractivity (Wildman–Crippen MR) is 101 cm³/mol. The molecule has 0 atom stereocenters. The van der Waals surface area contributed by atoms with Crippen LogP contribution in [0.3, 0.4) is 0 Å². The number of carbonyl (C=O) groups excluding carboxylic acids is 1. The highest BCUT2D eigenvalue weighted by molar-refractivity contribution is 5.75. The predicted octanol–water partition coefficient (Wildman–Crippen LogP) is 5.06. The lowest BCUT2D eigenvalue weighted by Gasteiger charge is -1.97. The van der Waals surface area contributed by atoms with E-state index in [1.807, 2.05) is 12.2 Å². The van der Waals surface area contributed by atoms with Gasteiger partial charge in [0, 0.05) is 0 Å². The van der Waals surface area contributed by atoms with Gasteiger partial charge in [-0.05, 0) is 57.4 Å². The molecule has 0 radical (unpaired) electrons. The van der Waals surface area contributed by atoms with Gasteiger partial charge in [0.1, 0.15) is 0 Å². The molecule has 0 spiro atoms. The second kappa shape index (κ2) is 14.9. The van der Waals surface area contributed by atoms with Gasteiger partial charge in [0.15, 0.2) is 0 Å². The molecule has 1 aliphatic rings. The lowest BCUT2D eigenvalue weighted by atomic mass is 10.2. The highest BCUT2D eigenvalue weighted by atomic mass is 16.9. The molecule has 26 heavy (non-hydrogen) atoms. The van der Waals surface area contributed by atoms with Gasteiger partial charge in [-0.2, -0.15) is 0 Å². The second-order valence-corrected chi connectivity index (χ2v) is 6.11. The minimum Gasteiger partial charge on any atom is -0.435 e. The SMILES string of the molecule is O=C(OC=CCC=CCC=CCC=CCCCCCO[N+](=O)[O-])C1CC1. The molecule has 0 aromatic heterocycles. The van der Waals surface area contributed by atoms with Crippen molar-refractivity contribution in [1.29, 1.82) is 0 Å². The molecule has 0 aromatic carbocycles. The highest BCUT2D eigenvalue weighted by Crippen LogP contribution is 2.30. The van der Waals surface area contributed by atoms with E-state index in [0.717, 1.165) is 57.8 Å². The number of unbranched alkanes of at least 4 members (excludes halogenated alkanes) is 3. The Hall–Kier alpha value is -2.37. The average Bonchev–Trinajstić information content (AvgIpc) is 3.45. The van der Waals surface area contributed by atoms with Crippen LogP contribution in [0.1, 0.15) is 57.8 Å². The monoisotopic (exact) mass is 363 g/mol. The number of carbonyl (C=O) groups is 1. The Balaban J connectivity index is 1.86. The largest absolute Gasteiger partial charge is 0.435 e. The first kappa shape index (κ1) is 21.7. The van der Waals surface area contributed by atoms with Gasteiger partial charge in [-0.15, -0.1) is 10.1 Å². The fourth-order valence-corrected chi connectivity index (χ4v) is 2.10. The van der Waals surface area contributed by atoms with Crippen molar-refractivity contribution in [3.63, 3.8) is 0 Å². The first-order chi connectivity index (χ1) is 12.7. The minimum atomic E-state index is -0.745. The van der Waals surface area contributed by atoms with Crippen LogP contribution in [-0.4, -0.2) is 17.7 Å². The molecule has 1 saturated carbocycles. The lowest BCUT2D eigenvalue weighted by molar-refractivity contribution is -0.757. The maximum absolute atomic E-state index is 11.3. The third kappa shape index (κ3) is 14.0. The first-order valence-electron chi connectivity index (χ1n) is 9.28. The van der Waals surface area contributed by atoms with Crippen molar-refractivity contribution in [2.75, 3.05) is 6.61 Å². The van der Waals surface area contributed by atoms with Crippen LogP contribution in [0.25, 0.3) is 0 Å². The topological polar surface area (TPSA) is 78.7 Å². The van der Waals surface area contributed by atoms with Gasteiger partial charge in [0.05, 0.1) is 18.8 Å². The van der Waals surface area contributed by atoms with Crippen LogP contribution >= 0.6 is 0 Å². The summed E-state index contributed by atoms with van der Waals surface area (Å²) in [5.74, 6) is 0.0369. The molecule has 0 heterocycles. The zero-order valence-electron chi connectivity index (χ0n) is 15.3. The Morgan fingerprint density at radius 2 is 1.54 bits per heavy atom. The number of hydrogen-bond acceptors (Lipinski definition) is 5. The molecule has 0 amide bonds. The molecular formula is C20H29NO5. The van der Waals surface area contributed by atoms with E-state index < -0.39 is 5.09 Å². The Labute approximate surface area is 155 Å². The van der Waals surface area contributed by atoms with Gasteiger partial charge >= 0.3 is 5.97 Å². The molecular weight excluding hydrogens is 334 g/mol. The molecule has 0 unspecified atom stereocenters. The van der Waals surface area contributed by atoms with Crippen LogP contribution in [-0.2, 0) is 14.4 Å². The maximum atomic E-state index is 11.3. The summed E-state index contributed by atoms with van der Waals surface area (Å²) in [5, 5.41) is 9.20. The van der Waals surface area contributed by atoms with Crippen molar-refractivity contribution in [2.45, 2.75) is 57.8 Å². The third-order valence-corrected chi connectivity index (χ3v) is 3.72. The molecule has 0 bridgehead atoms. The summed E-state index contributed by atoms with van der Waals surface area (Å²) >= 11 is 0. The lowest BCUT2D eigenvalue weighted by Crippen LogP contribution is -2.01. The summed E-state index contributed by atoms with van der Waals surface area (Å²) in [6.07, 6.45) is 24.1. The summed E-state index contributed by atoms with van der Waals surface area (Å²) in [5.41, 5.74) is 0. The van der Waals surface area contributed by atoms with E-state index in [4.69, 9.17) is 4.74 Å². The smallest absolute Gasteiger partial charge is 0.313 e. The maximum Gasteiger partial charge on any atom is 0.313 e. The zero-order chi connectivity index (χ0) is 18.9. The van der Waals surface area contributed by atoms with Crippen molar-refractivity contribution in [3.8, 4) is 0 Å². The fraction of sp³-hybridized carbons (Fsp3) is 0.550. The van der Waals surface area contributed by atoms with Crippen LogP contribution < -0.4 is 0 Å². The van der Waals surface area contributed by atoms with Gasteiger partial charge in [0.2, 0.25) is 0 Å². The van der Waals surface area contributed by atoms with E-state index in [1.165, 1.54) is 6.26 Å². The molecule has 6 heteroatoms. The van der Waals surface area contributed by atoms with Crippen LogP contribution in [0.15, 0.2) is 48.8 Å². The Bertz CT molecular complexity index is 518. The van der Waals surface area contributed by atoms with Crippen molar-refractivity contribution in [3.05, 3.63) is 58.9 Å². The van der Waals surface area contributed by atoms with E-state index in [0.29, 0.717) is 0 Å². The van der Waals surface area contributed by atoms with Crippen LogP contribution in [0.5, 0.6) is 0 Å². The fourth-order valence-electron chi connectivity index (χ4n) is 2.10. The first-order valence-corrected chi connectivity index (χ1v) is 9.28. The summed E-state index contributed by atoms with van der Waals surface area (Å²) < 4.78 is 4.99. The molecule has 0 aromatic rings. The number of nitrogens with zero attached hydrogens (tertiary/aromatic N) is 1. The Kier molecular flexibility index (Phi) is 12.4. The summed E-state index contributed by atoms with van der Waals surface area (Å²) in [7, 11) is 0. The van der Waals surface area contributed by atoms with E-state index in [-0.39, 0.29) is 18.5 Å². The van der Waals surface area contributed by atoms with Gasteiger partial charge in [-0.25, -0.2) is 0 Å². The van der Waals surface area contributed by atoms with Gasteiger partial charge < -0.3 is 9.57 Å². The second-order valence-electron chi connectivity index (χ2n) is 6.11. The minimum absolute atomic E-state index is 0.106. The van der Waals surface area contributed by atoms with Gasteiger partial charge in [0.25, 0.3) is 5.09 Å². The summed E-state index contributed by atoms with van der Waals surface area (Å²) in [4.78, 5) is 25.4. The number of ether oxygens (including phenoxy) is 1. The molecule has 1 fully saturated rings. The highest BCUT2D eigenvalue weighted by Gasteiger charge is 2.30. The molecule has 144 valence electrons. The Morgan fingerprint density at radius 3 is 2.15 bits per heavy atom. The van der Waals surface area contributed by atoms with E-state index in [9.17, 15) is 14.9 Å². The molecule has 0 N–H and O–H groups in total.